The number of nitrogens with one attached hydrogen (secondary N) is 1. The van der Waals surface area contributed by atoms with Crippen LogP contribution in [0.25, 0.3) is 0 Å². The molecule has 24 heavy (non-hydrogen) atoms. The lowest BCUT2D eigenvalue weighted by Crippen LogP contribution is -2.34. The molecule has 1 aromatic carbocycles. The van der Waals surface area contributed by atoms with Crippen molar-refractivity contribution < 1.29 is 13.2 Å². The van der Waals surface area contributed by atoms with Crippen LogP contribution in [-0.4, -0.2) is 28.9 Å². The molecule has 2 unspecified atom stereocenters. The Morgan fingerprint density at radius 1 is 1.25 bits per heavy atom. The highest BCUT2D eigenvalue weighted by Gasteiger charge is 2.31. The van der Waals surface area contributed by atoms with Crippen molar-refractivity contribution in [3.63, 3.8) is 0 Å². The maximum atomic E-state index is 12.6. The molecule has 1 saturated heterocycles. The van der Waals surface area contributed by atoms with Gasteiger partial charge in [-0.05, 0) is 37.6 Å². The highest BCUT2D eigenvalue weighted by Crippen LogP contribution is 2.31. The number of hydrogen-bond donors (Lipinski definition) is 1. The van der Waals surface area contributed by atoms with Gasteiger partial charge in [-0.2, -0.15) is 18.3 Å². The number of aromatic nitrogens is 2. The Bertz CT molecular complexity index is 678. The number of rotatable bonds is 4. The Morgan fingerprint density at radius 2 is 1.96 bits per heavy atom. The normalized spacial score (nSPS) is 19.7. The topological polar surface area (TPSA) is 33.1 Å². The average Bonchev–Trinajstić information content (AvgIpc) is 3.16. The number of alkyl halides is 3. The Labute approximate surface area is 139 Å². The quantitative estimate of drug-likeness (QED) is 0.928. The summed E-state index contributed by atoms with van der Waals surface area (Å²) in [7, 11) is 1.89. The van der Waals surface area contributed by atoms with Gasteiger partial charge in [0.05, 0.1) is 11.8 Å². The van der Waals surface area contributed by atoms with E-state index in [9.17, 15) is 13.2 Å². The van der Waals surface area contributed by atoms with Crippen molar-refractivity contribution in [3.8, 4) is 0 Å². The highest BCUT2D eigenvalue weighted by atomic mass is 19.4. The van der Waals surface area contributed by atoms with Crippen LogP contribution in [0.1, 0.15) is 30.5 Å². The molecule has 1 fully saturated rings. The van der Waals surface area contributed by atoms with Crippen molar-refractivity contribution in [1.82, 2.24) is 15.1 Å². The van der Waals surface area contributed by atoms with E-state index in [1.807, 2.05) is 19.4 Å². The van der Waals surface area contributed by atoms with Gasteiger partial charge in [0, 0.05) is 49.7 Å². The molecule has 130 valence electrons. The SMILES string of the molecule is CC(NC1CCN(c2ccc(C(F)(F)F)cc2)C1)c1cnn(C)c1. The molecule has 2 heterocycles. The van der Waals surface area contributed by atoms with Gasteiger partial charge in [0.15, 0.2) is 0 Å². The summed E-state index contributed by atoms with van der Waals surface area (Å²) < 4.78 is 39.7. The van der Waals surface area contributed by atoms with Crippen LogP contribution in [0.4, 0.5) is 18.9 Å². The fourth-order valence-corrected chi connectivity index (χ4v) is 3.11. The van der Waals surface area contributed by atoms with Crippen LogP contribution < -0.4 is 10.2 Å². The fraction of sp³-hybridized carbons (Fsp3) is 0.471. The summed E-state index contributed by atoms with van der Waals surface area (Å²) in [6, 6.07) is 5.90. The van der Waals surface area contributed by atoms with Crippen molar-refractivity contribution in [2.45, 2.75) is 31.6 Å². The minimum Gasteiger partial charge on any atom is -0.370 e. The van der Waals surface area contributed by atoms with Crippen molar-refractivity contribution in [1.29, 1.82) is 0 Å². The molecular formula is C17H21F3N4. The zero-order valence-corrected chi connectivity index (χ0v) is 13.7. The van der Waals surface area contributed by atoms with Crippen molar-refractivity contribution >= 4 is 5.69 Å². The van der Waals surface area contributed by atoms with E-state index in [1.165, 1.54) is 0 Å². The molecule has 0 aliphatic carbocycles. The van der Waals surface area contributed by atoms with E-state index in [-0.39, 0.29) is 6.04 Å². The lowest BCUT2D eigenvalue weighted by Gasteiger charge is -2.21. The van der Waals surface area contributed by atoms with Crippen molar-refractivity contribution in [2.24, 2.45) is 7.05 Å². The van der Waals surface area contributed by atoms with Crippen LogP contribution in [0.3, 0.4) is 0 Å². The minimum absolute atomic E-state index is 0.191. The second-order valence-electron chi connectivity index (χ2n) is 6.31. The lowest BCUT2D eigenvalue weighted by atomic mass is 10.1. The number of nitrogens with zero attached hydrogens (tertiary/aromatic N) is 3. The summed E-state index contributed by atoms with van der Waals surface area (Å²) in [5, 5.41) is 7.75. The largest absolute Gasteiger partial charge is 0.416 e. The summed E-state index contributed by atoms with van der Waals surface area (Å²) in [6.07, 6.45) is 0.513. The van der Waals surface area contributed by atoms with Gasteiger partial charge in [-0.15, -0.1) is 0 Å². The van der Waals surface area contributed by atoms with Gasteiger partial charge in [-0.3, -0.25) is 4.68 Å². The molecule has 1 aromatic heterocycles. The molecule has 7 heteroatoms. The summed E-state index contributed by atoms with van der Waals surface area (Å²) >= 11 is 0. The number of hydrogen-bond acceptors (Lipinski definition) is 3. The van der Waals surface area contributed by atoms with Gasteiger partial charge in [0.1, 0.15) is 0 Å². The number of halogens is 3. The maximum absolute atomic E-state index is 12.6. The van der Waals surface area contributed by atoms with Gasteiger partial charge < -0.3 is 10.2 Å². The first-order chi connectivity index (χ1) is 11.3. The molecule has 1 aliphatic heterocycles. The first-order valence-corrected chi connectivity index (χ1v) is 8.00. The monoisotopic (exact) mass is 338 g/mol. The van der Waals surface area contributed by atoms with Crippen molar-refractivity contribution in [3.05, 3.63) is 47.8 Å². The van der Waals surface area contributed by atoms with E-state index >= 15 is 0 Å². The lowest BCUT2D eigenvalue weighted by molar-refractivity contribution is -0.137. The molecule has 0 amide bonds. The molecule has 2 atom stereocenters. The Hall–Kier alpha value is -2.02. The zero-order valence-electron chi connectivity index (χ0n) is 13.7. The second kappa shape index (κ2) is 6.47. The Kier molecular flexibility index (Phi) is 4.54. The van der Waals surface area contributed by atoms with E-state index < -0.39 is 11.7 Å². The fourth-order valence-electron chi connectivity index (χ4n) is 3.11. The number of aryl methyl sites for hydroxylation is 1. The van der Waals surface area contributed by atoms with Crippen LogP contribution in [-0.2, 0) is 13.2 Å². The molecule has 0 radical (unpaired) electrons. The molecule has 0 spiro atoms. The van der Waals surface area contributed by atoms with Gasteiger partial charge in [0.2, 0.25) is 0 Å². The second-order valence-corrected chi connectivity index (χ2v) is 6.31. The van der Waals surface area contributed by atoms with Gasteiger partial charge >= 0.3 is 6.18 Å². The van der Waals surface area contributed by atoms with Crippen LogP contribution >= 0.6 is 0 Å². The van der Waals surface area contributed by atoms with Crippen LogP contribution in [0.5, 0.6) is 0 Å². The molecule has 4 nitrogen and oxygen atoms in total. The van der Waals surface area contributed by atoms with Crippen LogP contribution in [0.15, 0.2) is 36.7 Å². The Balaban J connectivity index is 1.59. The first kappa shape index (κ1) is 16.8. The first-order valence-electron chi connectivity index (χ1n) is 8.00. The van der Waals surface area contributed by atoms with Gasteiger partial charge in [-0.1, -0.05) is 0 Å². The van der Waals surface area contributed by atoms with E-state index in [2.05, 4.69) is 22.2 Å². The third kappa shape index (κ3) is 3.72. The van der Waals surface area contributed by atoms with Gasteiger partial charge in [-0.25, -0.2) is 0 Å². The number of anilines is 1. The van der Waals surface area contributed by atoms with Crippen molar-refractivity contribution in [2.75, 3.05) is 18.0 Å². The van der Waals surface area contributed by atoms with E-state index in [0.717, 1.165) is 42.9 Å². The number of benzene rings is 1. The summed E-state index contributed by atoms with van der Waals surface area (Å²) in [4.78, 5) is 2.12. The third-order valence-corrected chi connectivity index (χ3v) is 4.46. The summed E-state index contributed by atoms with van der Waals surface area (Å²) in [6.45, 7) is 3.72. The minimum atomic E-state index is -4.28. The maximum Gasteiger partial charge on any atom is 0.416 e. The molecule has 2 aromatic rings. The van der Waals surface area contributed by atoms with Gasteiger partial charge in [0.25, 0.3) is 0 Å². The highest BCUT2D eigenvalue weighted by molar-refractivity contribution is 5.49. The summed E-state index contributed by atoms with van der Waals surface area (Å²) in [5.41, 5.74) is 1.36. The zero-order chi connectivity index (χ0) is 17.3. The predicted octanol–water partition coefficient (Wildman–Crippen LogP) is 3.37. The molecule has 0 bridgehead atoms. The van der Waals surface area contributed by atoms with E-state index in [0.29, 0.717) is 6.04 Å². The third-order valence-electron chi connectivity index (χ3n) is 4.46. The average molecular weight is 338 g/mol. The standard InChI is InChI=1S/C17H21F3N4/c1-12(13-9-21-23(2)10-13)22-15-7-8-24(11-15)16-5-3-14(4-6-16)17(18,19)20/h3-6,9-10,12,15,22H,7-8,11H2,1-2H3. The van der Waals surface area contributed by atoms with E-state index in [4.69, 9.17) is 0 Å². The van der Waals surface area contributed by atoms with Crippen LogP contribution in [0, 0.1) is 0 Å². The Morgan fingerprint density at radius 3 is 2.54 bits per heavy atom. The molecule has 0 saturated carbocycles. The summed E-state index contributed by atoms with van der Waals surface area (Å²) in [5.74, 6) is 0. The van der Waals surface area contributed by atoms with Crippen LogP contribution in [0.2, 0.25) is 0 Å². The van der Waals surface area contributed by atoms with E-state index in [1.54, 1.807) is 16.8 Å². The molecule has 3 rings (SSSR count). The molecule has 1 N–H and O–H groups in total. The molecular weight excluding hydrogens is 317 g/mol. The predicted molar refractivity (Wildman–Crippen MR) is 86.8 cm³/mol. The molecule has 1 aliphatic rings. The smallest absolute Gasteiger partial charge is 0.370 e.